The zero-order chi connectivity index (χ0) is 15.2. The second-order valence-corrected chi connectivity index (χ2v) is 4.71. The summed E-state index contributed by atoms with van der Waals surface area (Å²) in [5.41, 5.74) is -0.401. The van der Waals surface area contributed by atoms with Crippen LogP contribution >= 0.6 is 11.6 Å². The lowest BCUT2D eigenvalue weighted by molar-refractivity contribution is -0.385. The van der Waals surface area contributed by atoms with Crippen molar-refractivity contribution in [1.29, 1.82) is 0 Å². The van der Waals surface area contributed by atoms with Crippen LogP contribution in [0.5, 0.6) is 0 Å². The van der Waals surface area contributed by atoms with Gasteiger partial charge in [-0.3, -0.25) is 14.9 Å². The van der Waals surface area contributed by atoms with E-state index in [0.717, 1.165) is 0 Å². The standard InChI is InChI=1S/C13H13ClN4O3/c14-11-4-1-3-10(12(11)18(20)21)13(19)16-5-2-7-17-8-6-15-9-17/h1,3-4,6,8-9H,2,5,7H2,(H,16,19). The van der Waals surface area contributed by atoms with Gasteiger partial charge < -0.3 is 9.88 Å². The lowest BCUT2D eigenvalue weighted by Gasteiger charge is -2.07. The molecule has 1 amide bonds. The molecule has 0 unspecified atom stereocenters. The summed E-state index contributed by atoms with van der Waals surface area (Å²) in [6.07, 6.45) is 5.87. The van der Waals surface area contributed by atoms with Gasteiger partial charge >= 0.3 is 5.69 Å². The summed E-state index contributed by atoms with van der Waals surface area (Å²) >= 11 is 5.77. The van der Waals surface area contributed by atoms with E-state index in [1.807, 2.05) is 10.8 Å². The van der Waals surface area contributed by atoms with Crippen LogP contribution < -0.4 is 5.32 Å². The second kappa shape index (κ2) is 6.85. The van der Waals surface area contributed by atoms with Gasteiger partial charge in [0.2, 0.25) is 0 Å². The van der Waals surface area contributed by atoms with Crippen LogP contribution in [0.25, 0.3) is 0 Å². The molecule has 0 saturated carbocycles. The third-order valence-electron chi connectivity index (χ3n) is 2.85. The molecule has 0 aliphatic heterocycles. The minimum absolute atomic E-state index is 0.0323. The number of aryl methyl sites for hydroxylation is 1. The fourth-order valence-electron chi connectivity index (χ4n) is 1.86. The van der Waals surface area contributed by atoms with Crippen LogP contribution in [0.1, 0.15) is 16.8 Å². The lowest BCUT2D eigenvalue weighted by atomic mass is 10.1. The summed E-state index contributed by atoms with van der Waals surface area (Å²) in [5, 5.41) is 13.6. The number of benzene rings is 1. The van der Waals surface area contributed by atoms with Gasteiger partial charge in [-0.1, -0.05) is 17.7 Å². The van der Waals surface area contributed by atoms with Crippen LogP contribution in [0, 0.1) is 10.1 Å². The Labute approximate surface area is 125 Å². The molecule has 0 saturated heterocycles. The first kappa shape index (κ1) is 15.0. The van der Waals surface area contributed by atoms with Gasteiger partial charge in [0, 0.05) is 25.5 Å². The molecule has 0 atom stereocenters. The molecule has 1 N–H and O–H groups in total. The number of carbonyl (C=O) groups is 1. The lowest BCUT2D eigenvalue weighted by Crippen LogP contribution is -2.26. The molecule has 0 aliphatic rings. The van der Waals surface area contributed by atoms with E-state index >= 15 is 0 Å². The SMILES string of the molecule is O=C(NCCCn1ccnc1)c1cccc(Cl)c1[N+](=O)[O-]. The minimum Gasteiger partial charge on any atom is -0.352 e. The van der Waals surface area contributed by atoms with Crippen molar-refractivity contribution in [3.8, 4) is 0 Å². The Morgan fingerprint density at radius 3 is 2.95 bits per heavy atom. The highest BCUT2D eigenvalue weighted by atomic mass is 35.5. The van der Waals surface area contributed by atoms with Gasteiger partial charge in [-0.05, 0) is 18.6 Å². The Hall–Kier alpha value is -2.41. The predicted molar refractivity (Wildman–Crippen MR) is 77.3 cm³/mol. The molecule has 0 fully saturated rings. The number of para-hydroxylation sites is 1. The summed E-state index contributed by atoms with van der Waals surface area (Å²) < 4.78 is 1.88. The Morgan fingerprint density at radius 1 is 1.48 bits per heavy atom. The van der Waals surface area contributed by atoms with E-state index in [0.29, 0.717) is 19.5 Å². The first-order chi connectivity index (χ1) is 10.1. The van der Waals surface area contributed by atoms with E-state index in [4.69, 9.17) is 11.6 Å². The number of rotatable bonds is 6. The average molecular weight is 309 g/mol. The maximum atomic E-state index is 12.0. The molecule has 1 aromatic heterocycles. The Balaban J connectivity index is 1.94. The van der Waals surface area contributed by atoms with E-state index in [-0.39, 0.29) is 16.3 Å². The van der Waals surface area contributed by atoms with Crippen molar-refractivity contribution in [3.63, 3.8) is 0 Å². The molecule has 21 heavy (non-hydrogen) atoms. The Morgan fingerprint density at radius 2 is 2.29 bits per heavy atom. The molecular formula is C13H13ClN4O3. The normalized spacial score (nSPS) is 10.3. The third-order valence-corrected chi connectivity index (χ3v) is 3.16. The monoisotopic (exact) mass is 308 g/mol. The van der Waals surface area contributed by atoms with E-state index in [9.17, 15) is 14.9 Å². The zero-order valence-electron chi connectivity index (χ0n) is 11.0. The van der Waals surface area contributed by atoms with Gasteiger partial charge in [-0.2, -0.15) is 0 Å². The number of nitro benzene ring substituents is 1. The van der Waals surface area contributed by atoms with Crippen molar-refractivity contribution in [3.05, 3.63) is 57.6 Å². The molecule has 8 heteroatoms. The maximum absolute atomic E-state index is 12.0. The largest absolute Gasteiger partial charge is 0.352 e. The summed E-state index contributed by atoms with van der Waals surface area (Å²) in [6.45, 7) is 1.11. The fourth-order valence-corrected chi connectivity index (χ4v) is 2.11. The molecular weight excluding hydrogens is 296 g/mol. The average Bonchev–Trinajstić information content (AvgIpc) is 2.95. The number of imidazole rings is 1. The zero-order valence-corrected chi connectivity index (χ0v) is 11.8. The van der Waals surface area contributed by atoms with Crippen LogP contribution in [0.15, 0.2) is 36.9 Å². The number of nitro groups is 1. The molecule has 7 nitrogen and oxygen atoms in total. The topological polar surface area (TPSA) is 90.1 Å². The van der Waals surface area contributed by atoms with Gasteiger partial charge in [-0.15, -0.1) is 0 Å². The van der Waals surface area contributed by atoms with E-state index in [1.54, 1.807) is 12.5 Å². The van der Waals surface area contributed by atoms with E-state index in [1.165, 1.54) is 18.2 Å². The highest BCUT2D eigenvalue weighted by Gasteiger charge is 2.23. The highest BCUT2D eigenvalue weighted by molar-refractivity contribution is 6.33. The Kier molecular flexibility index (Phi) is 4.89. The molecule has 1 aromatic carbocycles. The third kappa shape index (κ3) is 3.79. The summed E-state index contributed by atoms with van der Waals surface area (Å²) in [4.78, 5) is 26.2. The van der Waals surface area contributed by atoms with Crippen molar-refractivity contribution in [1.82, 2.24) is 14.9 Å². The number of aromatic nitrogens is 2. The minimum atomic E-state index is -0.650. The van der Waals surface area contributed by atoms with Crippen LogP contribution in [0.3, 0.4) is 0 Å². The molecule has 0 spiro atoms. The second-order valence-electron chi connectivity index (χ2n) is 4.30. The Bertz CT molecular complexity index is 643. The summed E-state index contributed by atoms with van der Waals surface area (Å²) in [5.74, 6) is -0.505. The van der Waals surface area contributed by atoms with Crippen molar-refractivity contribution >= 4 is 23.2 Å². The molecule has 0 bridgehead atoms. The van der Waals surface area contributed by atoms with Crippen molar-refractivity contribution < 1.29 is 9.72 Å². The molecule has 2 aromatic rings. The van der Waals surface area contributed by atoms with Crippen LogP contribution in [-0.4, -0.2) is 26.9 Å². The van der Waals surface area contributed by atoms with Crippen LogP contribution in [0.4, 0.5) is 5.69 Å². The number of hydrogen-bond acceptors (Lipinski definition) is 4. The molecule has 0 radical (unpaired) electrons. The molecule has 0 aliphatic carbocycles. The number of nitrogens with one attached hydrogen (secondary N) is 1. The van der Waals surface area contributed by atoms with Gasteiger partial charge in [0.1, 0.15) is 10.6 Å². The van der Waals surface area contributed by atoms with Crippen LogP contribution in [-0.2, 0) is 6.54 Å². The summed E-state index contributed by atoms with van der Waals surface area (Å²) in [6, 6.07) is 4.28. The van der Waals surface area contributed by atoms with Gasteiger partial charge in [0.05, 0.1) is 11.3 Å². The van der Waals surface area contributed by atoms with Crippen molar-refractivity contribution in [2.75, 3.05) is 6.54 Å². The number of nitrogens with zero attached hydrogens (tertiary/aromatic N) is 3. The maximum Gasteiger partial charge on any atom is 0.300 e. The van der Waals surface area contributed by atoms with Gasteiger partial charge in [0.15, 0.2) is 0 Å². The van der Waals surface area contributed by atoms with Gasteiger partial charge in [0.25, 0.3) is 5.91 Å². The van der Waals surface area contributed by atoms with Crippen molar-refractivity contribution in [2.24, 2.45) is 0 Å². The van der Waals surface area contributed by atoms with E-state index < -0.39 is 10.8 Å². The smallest absolute Gasteiger partial charge is 0.300 e. The molecule has 110 valence electrons. The number of amides is 1. The molecule has 2 rings (SSSR count). The summed E-state index contributed by atoms with van der Waals surface area (Å²) in [7, 11) is 0. The number of halogens is 1. The quantitative estimate of drug-likeness (QED) is 0.503. The fraction of sp³-hybridized carbons (Fsp3) is 0.231. The number of hydrogen-bond donors (Lipinski definition) is 1. The number of carbonyl (C=O) groups excluding carboxylic acids is 1. The van der Waals surface area contributed by atoms with Crippen LogP contribution in [0.2, 0.25) is 5.02 Å². The van der Waals surface area contributed by atoms with Gasteiger partial charge in [-0.25, -0.2) is 4.98 Å². The first-order valence-corrected chi connectivity index (χ1v) is 6.64. The van der Waals surface area contributed by atoms with E-state index in [2.05, 4.69) is 10.3 Å². The van der Waals surface area contributed by atoms with Crippen molar-refractivity contribution in [2.45, 2.75) is 13.0 Å². The molecule has 1 heterocycles. The first-order valence-electron chi connectivity index (χ1n) is 6.26. The highest BCUT2D eigenvalue weighted by Crippen LogP contribution is 2.27. The predicted octanol–water partition coefficient (Wildman–Crippen LogP) is 2.26.